The Hall–Kier alpha value is -0.850. The number of hydrogen-bond acceptors (Lipinski definition) is 3. The number of piperazine rings is 1. The first-order chi connectivity index (χ1) is 5.38. The van der Waals surface area contributed by atoms with Crippen LogP contribution >= 0.6 is 0 Å². The quantitative estimate of drug-likeness (QED) is 0.563. The molecule has 60 valence electrons. The molecule has 0 bridgehead atoms. The third-order valence-corrected chi connectivity index (χ3v) is 1.90. The van der Waals surface area contributed by atoms with Crippen molar-refractivity contribution in [1.82, 2.24) is 10.2 Å². The first-order valence-corrected chi connectivity index (χ1v) is 3.85. The molecule has 1 aliphatic rings. The van der Waals surface area contributed by atoms with Gasteiger partial charge in [0.25, 0.3) is 0 Å². The van der Waals surface area contributed by atoms with Crippen LogP contribution in [0.2, 0.25) is 0 Å². The Morgan fingerprint density at radius 2 is 2.18 bits per heavy atom. The minimum atomic E-state index is -0.0999. The van der Waals surface area contributed by atoms with Crippen molar-refractivity contribution in [2.24, 2.45) is 0 Å². The molecule has 1 fully saturated rings. The Balaban J connectivity index is 2.44. The number of nitriles is 1. The van der Waals surface area contributed by atoms with E-state index in [1.165, 1.54) is 0 Å². The van der Waals surface area contributed by atoms with Crippen LogP contribution in [0.15, 0.2) is 12.7 Å². The van der Waals surface area contributed by atoms with Gasteiger partial charge in [0.15, 0.2) is 0 Å². The van der Waals surface area contributed by atoms with Crippen molar-refractivity contribution in [2.75, 3.05) is 26.2 Å². The number of nitrogens with one attached hydrogen (secondary N) is 1. The average Bonchev–Trinajstić information content (AvgIpc) is 2.09. The van der Waals surface area contributed by atoms with Crippen molar-refractivity contribution in [1.29, 1.82) is 5.26 Å². The Kier molecular flexibility index (Phi) is 3.09. The first-order valence-electron chi connectivity index (χ1n) is 3.85. The molecule has 3 nitrogen and oxygen atoms in total. The van der Waals surface area contributed by atoms with Crippen LogP contribution in [0.5, 0.6) is 0 Å². The molecule has 0 aliphatic carbocycles. The van der Waals surface area contributed by atoms with Crippen molar-refractivity contribution >= 4 is 0 Å². The molecule has 11 heavy (non-hydrogen) atoms. The van der Waals surface area contributed by atoms with Crippen LogP contribution in [0.3, 0.4) is 0 Å². The predicted octanol–water partition coefficient (Wildman–Crippen LogP) is -0.0302. The van der Waals surface area contributed by atoms with Crippen LogP contribution in [0, 0.1) is 11.3 Å². The van der Waals surface area contributed by atoms with Crippen LogP contribution in [0.1, 0.15) is 0 Å². The normalized spacial score (nSPS) is 22.1. The molecule has 1 aliphatic heterocycles. The van der Waals surface area contributed by atoms with Crippen LogP contribution < -0.4 is 5.32 Å². The maximum absolute atomic E-state index is 8.69. The summed E-state index contributed by atoms with van der Waals surface area (Å²) in [5.41, 5.74) is 0. The maximum atomic E-state index is 8.69. The van der Waals surface area contributed by atoms with Gasteiger partial charge in [-0.05, 0) is 0 Å². The minimum Gasteiger partial charge on any atom is -0.314 e. The Bertz CT molecular complexity index is 165. The lowest BCUT2D eigenvalue weighted by Gasteiger charge is -2.29. The van der Waals surface area contributed by atoms with Crippen molar-refractivity contribution in [2.45, 2.75) is 6.04 Å². The van der Waals surface area contributed by atoms with Gasteiger partial charge in [0.1, 0.15) is 6.04 Å². The van der Waals surface area contributed by atoms with Crippen LogP contribution in [0.4, 0.5) is 0 Å². The fraction of sp³-hybridized carbons (Fsp3) is 0.625. The van der Waals surface area contributed by atoms with Gasteiger partial charge in [-0.1, -0.05) is 6.08 Å². The topological polar surface area (TPSA) is 39.1 Å². The number of nitrogens with zero attached hydrogens (tertiary/aromatic N) is 2. The molecular weight excluding hydrogens is 138 g/mol. The van der Waals surface area contributed by atoms with Gasteiger partial charge in [0.05, 0.1) is 6.07 Å². The zero-order chi connectivity index (χ0) is 8.10. The smallest absolute Gasteiger partial charge is 0.116 e. The Labute approximate surface area is 67.3 Å². The predicted molar refractivity (Wildman–Crippen MR) is 44.0 cm³/mol. The lowest BCUT2D eigenvalue weighted by Crippen LogP contribution is -2.47. The second kappa shape index (κ2) is 4.12. The van der Waals surface area contributed by atoms with Gasteiger partial charge in [-0.15, -0.1) is 6.58 Å². The molecule has 1 saturated heterocycles. The standard InChI is InChI=1S/C8H13N3/c1-2-8(7-9)11-5-3-10-4-6-11/h2,8,10H,1,3-6H2. The number of hydrogen-bond donors (Lipinski definition) is 1. The van der Waals surface area contributed by atoms with Crippen molar-refractivity contribution < 1.29 is 0 Å². The van der Waals surface area contributed by atoms with Gasteiger partial charge in [0.2, 0.25) is 0 Å². The van der Waals surface area contributed by atoms with E-state index in [9.17, 15) is 0 Å². The van der Waals surface area contributed by atoms with Crippen molar-refractivity contribution in [3.05, 3.63) is 12.7 Å². The molecular formula is C8H13N3. The van der Waals surface area contributed by atoms with Gasteiger partial charge in [-0.2, -0.15) is 5.26 Å². The molecule has 0 aromatic rings. The molecule has 0 spiro atoms. The summed E-state index contributed by atoms with van der Waals surface area (Å²) in [6.07, 6.45) is 1.70. The van der Waals surface area contributed by atoms with Gasteiger partial charge in [-0.25, -0.2) is 0 Å². The monoisotopic (exact) mass is 151 g/mol. The van der Waals surface area contributed by atoms with Crippen LogP contribution in [-0.2, 0) is 0 Å². The molecule has 0 radical (unpaired) electrons. The van der Waals surface area contributed by atoms with E-state index in [1.807, 2.05) is 0 Å². The van der Waals surface area contributed by atoms with E-state index < -0.39 is 0 Å². The molecule has 3 heteroatoms. The van der Waals surface area contributed by atoms with Crippen molar-refractivity contribution in [3.8, 4) is 6.07 Å². The summed E-state index contributed by atoms with van der Waals surface area (Å²) in [5, 5.41) is 11.9. The van der Waals surface area contributed by atoms with Gasteiger partial charge >= 0.3 is 0 Å². The highest BCUT2D eigenvalue weighted by Crippen LogP contribution is 2.00. The largest absolute Gasteiger partial charge is 0.314 e. The summed E-state index contributed by atoms with van der Waals surface area (Å²) in [6.45, 7) is 7.48. The summed E-state index contributed by atoms with van der Waals surface area (Å²) in [7, 11) is 0. The molecule has 1 atom stereocenters. The van der Waals surface area contributed by atoms with E-state index in [0.717, 1.165) is 26.2 Å². The molecule has 0 saturated carbocycles. The fourth-order valence-corrected chi connectivity index (χ4v) is 1.24. The molecule has 0 aromatic heterocycles. The van der Waals surface area contributed by atoms with E-state index in [0.29, 0.717) is 0 Å². The zero-order valence-corrected chi connectivity index (χ0v) is 6.58. The maximum Gasteiger partial charge on any atom is 0.116 e. The summed E-state index contributed by atoms with van der Waals surface area (Å²) >= 11 is 0. The van der Waals surface area contributed by atoms with E-state index in [-0.39, 0.29) is 6.04 Å². The van der Waals surface area contributed by atoms with E-state index in [4.69, 9.17) is 5.26 Å². The highest BCUT2D eigenvalue weighted by atomic mass is 15.2. The molecule has 0 amide bonds. The average molecular weight is 151 g/mol. The highest BCUT2D eigenvalue weighted by molar-refractivity contribution is 5.04. The second-order valence-electron chi connectivity index (χ2n) is 2.60. The van der Waals surface area contributed by atoms with Gasteiger partial charge < -0.3 is 5.32 Å². The van der Waals surface area contributed by atoms with Gasteiger partial charge in [0, 0.05) is 26.2 Å². The fourth-order valence-electron chi connectivity index (χ4n) is 1.24. The molecule has 1 heterocycles. The van der Waals surface area contributed by atoms with Crippen LogP contribution in [-0.4, -0.2) is 37.1 Å². The number of rotatable bonds is 2. The SMILES string of the molecule is C=CC(C#N)N1CCNCC1. The summed E-state index contributed by atoms with van der Waals surface area (Å²) in [4.78, 5) is 2.13. The minimum absolute atomic E-state index is 0.0999. The molecule has 0 aromatic carbocycles. The summed E-state index contributed by atoms with van der Waals surface area (Å²) < 4.78 is 0. The highest BCUT2D eigenvalue weighted by Gasteiger charge is 2.16. The first kappa shape index (κ1) is 8.25. The molecule has 1 rings (SSSR count). The third kappa shape index (κ3) is 2.04. The summed E-state index contributed by atoms with van der Waals surface area (Å²) in [5.74, 6) is 0. The van der Waals surface area contributed by atoms with Crippen LogP contribution in [0.25, 0.3) is 0 Å². The Morgan fingerprint density at radius 3 is 2.64 bits per heavy atom. The molecule has 1 N–H and O–H groups in total. The van der Waals surface area contributed by atoms with E-state index >= 15 is 0 Å². The summed E-state index contributed by atoms with van der Waals surface area (Å²) in [6, 6.07) is 2.10. The zero-order valence-electron chi connectivity index (χ0n) is 6.58. The van der Waals surface area contributed by atoms with Crippen molar-refractivity contribution in [3.63, 3.8) is 0 Å². The molecule has 1 unspecified atom stereocenters. The second-order valence-corrected chi connectivity index (χ2v) is 2.60. The van der Waals surface area contributed by atoms with E-state index in [2.05, 4.69) is 22.9 Å². The third-order valence-electron chi connectivity index (χ3n) is 1.90. The lowest BCUT2D eigenvalue weighted by molar-refractivity contribution is 0.232. The van der Waals surface area contributed by atoms with Gasteiger partial charge in [-0.3, -0.25) is 4.90 Å². The Morgan fingerprint density at radius 1 is 1.55 bits per heavy atom. The van der Waals surface area contributed by atoms with E-state index in [1.54, 1.807) is 6.08 Å². The lowest BCUT2D eigenvalue weighted by atomic mass is 10.2.